The monoisotopic (exact) mass is 351 g/mol. The number of hydrogen-bond acceptors (Lipinski definition) is 3. The Hall–Kier alpha value is -2.18. The van der Waals surface area contributed by atoms with Crippen LogP contribution >= 0.6 is 0 Å². The molecule has 7 heteroatoms. The molecule has 2 aliphatic rings. The molecule has 1 atom stereocenters. The van der Waals surface area contributed by atoms with Gasteiger partial charge in [0.25, 0.3) is 0 Å². The Morgan fingerprint density at radius 1 is 1.20 bits per heavy atom. The van der Waals surface area contributed by atoms with Crippen LogP contribution in [0, 0.1) is 11.6 Å². The fourth-order valence-corrected chi connectivity index (χ4v) is 3.47. The third-order valence-electron chi connectivity index (χ3n) is 4.83. The quantitative estimate of drug-likeness (QED) is 0.886. The van der Waals surface area contributed by atoms with Crippen molar-refractivity contribution in [2.24, 2.45) is 0 Å². The largest absolute Gasteiger partial charge is 0.380 e. The smallest absolute Gasteiger partial charge is 0.224 e. The van der Waals surface area contributed by atoms with Gasteiger partial charge < -0.3 is 15.1 Å². The summed E-state index contributed by atoms with van der Waals surface area (Å²) in [5, 5.41) is 3.17. The van der Waals surface area contributed by atoms with Crippen LogP contribution in [0.5, 0.6) is 0 Å². The van der Waals surface area contributed by atoms with Crippen LogP contribution in [0.1, 0.15) is 32.1 Å². The molecule has 0 aliphatic carbocycles. The van der Waals surface area contributed by atoms with Crippen molar-refractivity contribution >= 4 is 17.5 Å². The average Bonchev–Trinajstić information content (AvgIpc) is 3.01. The third kappa shape index (κ3) is 4.46. The van der Waals surface area contributed by atoms with Gasteiger partial charge in [0.05, 0.1) is 0 Å². The summed E-state index contributed by atoms with van der Waals surface area (Å²) < 4.78 is 26.3. The second kappa shape index (κ2) is 7.80. The fourth-order valence-electron chi connectivity index (χ4n) is 3.47. The highest BCUT2D eigenvalue weighted by Gasteiger charge is 2.26. The van der Waals surface area contributed by atoms with Crippen molar-refractivity contribution in [3.8, 4) is 0 Å². The fraction of sp³-hybridized carbons (Fsp3) is 0.556. The first-order valence-electron chi connectivity index (χ1n) is 8.80. The van der Waals surface area contributed by atoms with Gasteiger partial charge in [-0.25, -0.2) is 8.78 Å². The van der Waals surface area contributed by atoms with Gasteiger partial charge in [-0.1, -0.05) is 0 Å². The van der Waals surface area contributed by atoms with Gasteiger partial charge in [0.15, 0.2) is 11.6 Å². The molecular formula is C18H23F2N3O2. The minimum Gasteiger partial charge on any atom is -0.380 e. The number of carbonyl (C=O) groups is 2. The molecule has 0 radical (unpaired) electrons. The third-order valence-corrected chi connectivity index (χ3v) is 4.83. The van der Waals surface area contributed by atoms with Crippen molar-refractivity contribution in [3.63, 3.8) is 0 Å². The van der Waals surface area contributed by atoms with Crippen molar-refractivity contribution in [1.29, 1.82) is 0 Å². The molecule has 1 aromatic carbocycles. The Morgan fingerprint density at radius 2 is 2.04 bits per heavy atom. The number of likely N-dealkylation sites (tertiary alicyclic amines) is 2. The van der Waals surface area contributed by atoms with E-state index in [0.717, 1.165) is 37.9 Å². The lowest BCUT2D eigenvalue weighted by Gasteiger charge is -2.34. The number of hydrogen-bond donors (Lipinski definition) is 1. The van der Waals surface area contributed by atoms with Crippen LogP contribution in [0.3, 0.4) is 0 Å². The average molecular weight is 351 g/mol. The molecule has 3 rings (SSSR count). The molecule has 25 heavy (non-hydrogen) atoms. The maximum Gasteiger partial charge on any atom is 0.224 e. The van der Waals surface area contributed by atoms with Crippen LogP contribution in [0.25, 0.3) is 0 Å². The Morgan fingerprint density at radius 3 is 2.76 bits per heavy atom. The predicted molar refractivity (Wildman–Crippen MR) is 90.0 cm³/mol. The topological polar surface area (TPSA) is 52.7 Å². The highest BCUT2D eigenvalue weighted by molar-refractivity contribution is 5.80. The van der Waals surface area contributed by atoms with E-state index in [2.05, 4.69) is 5.32 Å². The summed E-state index contributed by atoms with van der Waals surface area (Å²) in [6, 6.07) is 3.74. The second-order valence-corrected chi connectivity index (χ2v) is 6.69. The van der Waals surface area contributed by atoms with E-state index in [-0.39, 0.29) is 17.9 Å². The van der Waals surface area contributed by atoms with E-state index < -0.39 is 11.6 Å². The molecule has 0 unspecified atom stereocenters. The van der Waals surface area contributed by atoms with Gasteiger partial charge in [-0.2, -0.15) is 0 Å². The maximum absolute atomic E-state index is 13.3. The van der Waals surface area contributed by atoms with E-state index >= 15 is 0 Å². The molecule has 1 N–H and O–H groups in total. The minimum absolute atomic E-state index is 0.0102. The Bertz CT molecular complexity index is 653. The van der Waals surface area contributed by atoms with E-state index in [4.69, 9.17) is 0 Å². The lowest BCUT2D eigenvalue weighted by atomic mass is 10.0. The van der Waals surface area contributed by atoms with Gasteiger partial charge in [-0.15, -0.1) is 0 Å². The molecule has 0 bridgehead atoms. The number of halogens is 2. The van der Waals surface area contributed by atoms with Gasteiger partial charge in [0.2, 0.25) is 11.8 Å². The summed E-state index contributed by atoms with van der Waals surface area (Å²) in [4.78, 5) is 27.6. The first-order chi connectivity index (χ1) is 12.0. The highest BCUT2D eigenvalue weighted by Crippen LogP contribution is 2.19. The molecule has 2 fully saturated rings. The van der Waals surface area contributed by atoms with Crippen LogP contribution in [0.4, 0.5) is 14.5 Å². The number of benzene rings is 1. The number of carbonyl (C=O) groups excluding carboxylic acids is 2. The van der Waals surface area contributed by atoms with E-state index in [0.29, 0.717) is 38.2 Å². The number of nitrogens with zero attached hydrogens (tertiary/aromatic N) is 2. The number of nitrogens with one attached hydrogen (secondary N) is 1. The maximum atomic E-state index is 13.3. The molecule has 2 amide bonds. The Labute approximate surface area is 146 Å². The lowest BCUT2D eigenvalue weighted by Crippen LogP contribution is -2.46. The summed E-state index contributed by atoms with van der Waals surface area (Å²) in [6.45, 7) is 2.45. The van der Waals surface area contributed by atoms with Gasteiger partial charge in [-0.05, 0) is 31.4 Å². The number of amides is 2. The molecule has 0 spiro atoms. The van der Waals surface area contributed by atoms with Crippen LogP contribution in [0.15, 0.2) is 18.2 Å². The molecule has 136 valence electrons. The van der Waals surface area contributed by atoms with Gasteiger partial charge in [-0.3, -0.25) is 9.59 Å². The second-order valence-electron chi connectivity index (χ2n) is 6.69. The normalized spacial score (nSPS) is 20.9. The van der Waals surface area contributed by atoms with Crippen molar-refractivity contribution in [2.45, 2.75) is 38.1 Å². The van der Waals surface area contributed by atoms with Crippen LogP contribution in [-0.4, -0.2) is 53.8 Å². The first kappa shape index (κ1) is 17.6. The minimum atomic E-state index is -0.885. The zero-order valence-corrected chi connectivity index (χ0v) is 14.1. The molecular weight excluding hydrogens is 328 g/mol. The highest BCUT2D eigenvalue weighted by atomic mass is 19.2. The SMILES string of the molecule is O=C1CCCN1CCC(=O)N1CCC[C@H](Nc2ccc(F)c(F)c2)C1. The summed E-state index contributed by atoms with van der Waals surface area (Å²) in [5.41, 5.74) is 0.515. The lowest BCUT2D eigenvalue weighted by molar-refractivity contribution is -0.133. The Kier molecular flexibility index (Phi) is 5.50. The zero-order valence-electron chi connectivity index (χ0n) is 14.1. The summed E-state index contributed by atoms with van der Waals surface area (Å²) in [5.74, 6) is -1.59. The van der Waals surface area contributed by atoms with E-state index in [1.165, 1.54) is 6.07 Å². The van der Waals surface area contributed by atoms with Gasteiger partial charge in [0, 0.05) is 56.8 Å². The van der Waals surface area contributed by atoms with Gasteiger partial charge in [0.1, 0.15) is 0 Å². The standard InChI is InChI=1S/C18H23F2N3O2/c19-15-6-5-13(11-16(15)20)21-14-3-1-9-23(12-14)18(25)7-10-22-8-2-4-17(22)24/h5-6,11,14,21H,1-4,7-10,12H2/t14-/m0/s1. The van der Waals surface area contributed by atoms with Crippen LogP contribution in [-0.2, 0) is 9.59 Å². The van der Waals surface area contributed by atoms with Gasteiger partial charge >= 0.3 is 0 Å². The molecule has 2 aliphatic heterocycles. The number of rotatable bonds is 5. The molecule has 1 aromatic rings. The molecule has 5 nitrogen and oxygen atoms in total. The first-order valence-corrected chi connectivity index (χ1v) is 8.80. The van der Waals surface area contributed by atoms with Crippen LogP contribution < -0.4 is 5.32 Å². The summed E-state index contributed by atoms with van der Waals surface area (Å²) >= 11 is 0. The Balaban J connectivity index is 1.50. The number of anilines is 1. The molecule has 0 saturated carbocycles. The van der Waals surface area contributed by atoms with Crippen molar-refractivity contribution < 1.29 is 18.4 Å². The van der Waals surface area contributed by atoms with Crippen LogP contribution in [0.2, 0.25) is 0 Å². The predicted octanol–water partition coefficient (Wildman–Crippen LogP) is 2.38. The molecule has 2 heterocycles. The van der Waals surface area contributed by atoms with E-state index in [9.17, 15) is 18.4 Å². The number of piperidine rings is 1. The molecule has 2 saturated heterocycles. The van der Waals surface area contributed by atoms with Crippen molar-refractivity contribution in [3.05, 3.63) is 29.8 Å². The van der Waals surface area contributed by atoms with E-state index in [1.54, 1.807) is 9.80 Å². The van der Waals surface area contributed by atoms with Crippen molar-refractivity contribution in [2.75, 3.05) is 31.5 Å². The van der Waals surface area contributed by atoms with E-state index in [1.807, 2.05) is 0 Å². The van der Waals surface area contributed by atoms with Crippen molar-refractivity contribution in [1.82, 2.24) is 9.80 Å². The summed E-state index contributed by atoms with van der Waals surface area (Å²) in [7, 11) is 0. The zero-order chi connectivity index (χ0) is 17.8. The summed E-state index contributed by atoms with van der Waals surface area (Å²) in [6.07, 6.45) is 3.52. The molecule has 0 aromatic heterocycles.